The number of β-amino-alcohol motifs (C(OH)–C–C–N with tert-alkyl or cyclic N) is 1. The van der Waals surface area contributed by atoms with Crippen molar-refractivity contribution in [1.29, 1.82) is 0 Å². The van der Waals surface area contributed by atoms with E-state index in [1.807, 2.05) is 24.3 Å². The highest BCUT2D eigenvalue weighted by atomic mass is 79.9. The van der Waals surface area contributed by atoms with E-state index in [4.69, 9.17) is 0 Å². The number of rotatable bonds is 3. The molecule has 1 N–H and O–H groups in total. The van der Waals surface area contributed by atoms with Crippen molar-refractivity contribution in [3.05, 3.63) is 34.3 Å². The summed E-state index contributed by atoms with van der Waals surface area (Å²) in [5.74, 6) is 0. The lowest BCUT2D eigenvalue weighted by molar-refractivity contribution is 0.0801. The molecule has 1 aromatic rings. The average molecular weight is 299 g/mol. The minimum Gasteiger partial charge on any atom is -0.387 e. The number of aliphatic hydroxyl groups excluding tert-OH is 1. The van der Waals surface area contributed by atoms with Crippen LogP contribution >= 0.6 is 15.9 Å². The Hall–Kier alpha value is -0.420. The molecule has 1 fully saturated rings. The zero-order chi connectivity index (χ0) is 12.3. The summed E-state index contributed by atoms with van der Waals surface area (Å²) in [5, 5.41) is 10.2. The third-order valence-corrected chi connectivity index (χ3v) is 4.01. The van der Waals surface area contributed by atoms with Gasteiger partial charge in [-0.15, -0.1) is 0 Å². The summed E-state index contributed by atoms with van der Waals surface area (Å²) in [7, 11) is 2.14. The fourth-order valence-corrected chi connectivity index (χ4v) is 2.67. The second kappa shape index (κ2) is 5.96. The Kier molecular flexibility index (Phi) is 4.56. The molecule has 0 spiro atoms. The van der Waals surface area contributed by atoms with Crippen molar-refractivity contribution >= 4 is 15.9 Å². The molecule has 0 bridgehead atoms. The van der Waals surface area contributed by atoms with Crippen molar-refractivity contribution in [2.75, 3.05) is 39.8 Å². The molecule has 94 valence electrons. The molecule has 1 atom stereocenters. The van der Waals surface area contributed by atoms with Gasteiger partial charge in [-0.3, -0.25) is 4.90 Å². The van der Waals surface area contributed by atoms with Crippen molar-refractivity contribution in [2.24, 2.45) is 0 Å². The third kappa shape index (κ3) is 3.52. The van der Waals surface area contributed by atoms with Crippen LogP contribution in [0.4, 0.5) is 0 Å². The van der Waals surface area contributed by atoms with E-state index < -0.39 is 6.10 Å². The van der Waals surface area contributed by atoms with E-state index in [2.05, 4.69) is 32.8 Å². The smallest absolute Gasteiger partial charge is 0.0927 e. The van der Waals surface area contributed by atoms with Crippen LogP contribution in [0.3, 0.4) is 0 Å². The molecule has 2 rings (SSSR count). The highest BCUT2D eigenvalue weighted by Gasteiger charge is 2.18. The predicted octanol–water partition coefficient (Wildman–Crippen LogP) is 1.73. The first-order valence-corrected chi connectivity index (χ1v) is 6.79. The molecule has 1 saturated heterocycles. The van der Waals surface area contributed by atoms with Gasteiger partial charge in [0, 0.05) is 37.2 Å². The van der Waals surface area contributed by atoms with Crippen molar-refractivity contribution in [3.63, 3.8) is 0 Å². The first kappa shape index (κ1) is 13.0. The van der Waals surface area contributed by atoms with Crippen LogP contribution in [-0.2, 0) is 0 Å². The molecule has 0 radical (unpaired) electrons. The van der Waals surface area contributed by atoms with E-state index in [0.717, 1.165) is 42.8 Å². The number of piperazine rings is 1. The normalized spacial score (nSPS) is 20.4. The predicted molar refractivity (Wildman–Crippen MR) is 73.0 cm³/mol. The Labute approximate surface area is 111 Å². The lowest BCUT2D eigenvalue weighted by Crippen LogP contribution is -2.45. The van der Waals surface area contributed by atoms with Crippen LogP contribution < -0.4 is 0 Å². The molecule has 1 aliphatic rings. The van der Waals surface area contributed by atoms with Crippen LogP contribution in [0.25, 0.3) is 0 Å². The molecule has 1 heterocycles. The molecule has 1 aromatic carbocycles. The number of hydrogen-bond donors (Lipinski definition) is 1. The maximum absolute atomic E-state index is 10.2. The van der Waals surface area contributed by atoms with Crippen LogP contribution in [0.1, 0.15) is 11.7 Å². The largest absolute Gasteiger partial charge is 0.387 e. The maximum atomic E-state index is 10.2. The van der Waals surface area contributed by atoms with Gasteiger partial charge in [0.15, 0.2) is 0 Å². The Morgan fingerprint density at radius 2 is 1.88 bits per heavy atom. The van der Waals surface area contributed by atoms with Crippen LogP contribution in [0, 0.1) is 0 Å². The van der Waals surface area contributed by atoms with Crippen molar-refractivity contribution < 1.29 is 5.11 Å². The van der Waals surface area contributed by atoms with E-state index in [-0.39, 0.29) is 0 Å². The molecule has 1 unspecified atom stereocenters. The number of benzene rings is 1. The molecule has 17 heavy (non-hydrogen) atoms. The molecule has 0 aliphatic carbocycles. The highest BCUT2D eigenvalue weighted by Crippen LogP contribution is 2.23. The minimum absolute atomic E-state index is 0.408. The van der Waals surface area contributed by atoms with Gasteiger partial charge in [0.1, 0.15) is 0 Å². The van der Waals surface area contributed by atoms with E-state index >= 15 is 0 Å². The highest BCUT2D eigenvalue weighted by molar-refractivity contribution is 9.10. The standard InChI is InChI=1S/C13H19BrN2O/c1-15-6-8-16(9-7-15)10-13(17)11-4-2-3-5-12(11)14/h2-5,13,17H,6-10H2,1H3. The van der Waals surface area contributed by atoms with Gasteiger partial charge in [0.05, 0.1) is 6.10 Å². The second-order valence-corrected chi connectivity index (χ2v) is 5.50. The van der Waals surface area contributed by atoms with Gasteiger partial charge in [-0.2, -0.15) is 0 Å². The number of aliphatic hydroxyl groups is 1. The van der Waals surface area contributed by atoms with Crippen LogP contribution in [0.2, 0.25) is 0 Å². The van der Waals surface area contributed by atoms with E-state index in [1.165, 1.54) is 0 Å². The summed E-state index contributed by atoms with van der Waals surface area (Å²) < 4.78 is 0.988. The van der Waals surface area contributed by atoms with Crippen molar-refractivity contribution in [1.82, 2.24) is 9.80 Å². The molecule has 1 aliphatic heterocycles. The van der Waals surface area contributed by atoms with Crippen molar-refractivity contribution in [3.8, 4) is 0 Å². The molecular formula is C13H19BrN2O. The first-order chi connectivity index (χ1) is 8.16. The van der Waals surface area contributed by atoms with Gasteiger partial charge in [-0.05, 0) is 18.7 Å². The van der Waals surface area contributed by atoms with Crippen LogP contribution in [0.5, 0.6) is 0 Å². The first-order valence-electron chi connectivity index (χ1n) is 6.00. The average Bonchev–Trinajstić information content (AvgIpc) is 2.32. The summed E-state index contributed by atoms with van der Waals surface area (Å²) in [6.45, 7) is 4.97. The van der Waals surface area contributed by atoms with Gasteiger partial charge in [-0.1, -0.05) is 34.1 Å². The van der Waals surface area contributed by atoms with Crippen LogP contribution in [-0.4, -0.2) is 54.7 Å². The SMILES string of the molecule is CN1CCN(CC(O)c2ccccc2Br)CC1. The summed E-state index contributed by atoms with van der Waals surface area (Å²) in [4.78, 5) is 4.64. The Morgan fingerprint density at radius 1 is 1.24 bits per heavy atom. The fraction of sp³-hybridized carbons (Fsp3) is 0.538. The van der Waals surface area contributed by atoms with Crippen molar-refractivity contribution in [2.45, 2.75) is 6.10 Å². The van der Waals surface area contributed by atoms with Gasteiger partial charge < -0.3 is 10.0 Å². The quantitative estimate of drug-likeness (QED) is 0.921. The fourth-order valence-electron chi connectivity index (χ4n) is 2.12. The lowest BCUT2D eigenvalue weighted by atomic mass is 10.1. The summed E-state index contributed by atoms with van der Waals surface area (Å²) in [6, 6.07) is 7.89. The zero-order valence-corrected chi connectivity index (χ0v) is 11.7. The zero-order valence-electron chi connectivity index (χ0n) is 10.1. The Bertz CT molecular complexity index is 364. The number of hydrogen-bond acceptors (Lipinski definition) is 3. The lowest BCUT2D eigenvalue weighted by Gasteiger charge is -2.33. The van der Waals surface area contributed by atoms with Gasteiger partial charge in [0.2, 0.25) is 0 Å². The molecule has 0 aromatic heterocycles. The van der Waals surface area contributed by atoms with Crippen LogP contribution in [0.15, 0.2) is 28.7 Å². The number of halogens is 1. The minimum atomic E-state index is -0.408. The molecule has 4 heteroatoms. The summed E-state index contributed by atoms with van der Waals surface area (Å²) >= 11 is 3.48. The molecule has 0 saturated carbocycles. The van der Waals surface area contributed by atoms with Gasteiger partial charge in [-0.25, -0.2) is 0 Å². The summed E-state index contributed by atoms with van der Waals surface area (Å²) in [6.07, 6.45) is -0.408. The Balaban J connectivity index is 1.93. The van der Waals surface area contributed by atoms with E-state index in [9.17, 15) is 5.11 Å². The van der Waals surface area contributed by atoms with E-state index in [0.29, 0.717) is 0 Å². The van der Waals surface area contributed by atoms with E-state index in [1.54, 1.807) is 0 Å². The van der Waals surface area contributed by atoms with Gasteiger partial charge in [0.25, 0.3) is 0 Å². The maximum Gasteiger partial charge on any atom is 0.0927 e. The Morgan fingerprint density at radius 3 is 2.53 bits per heavy atom. The monoisotopic (exact) mass is 298 g/mol. The van der Waals surface area contributed by atoms with Gasteiger partial charge >= 0.3 is 0 Å². The second-order valence-electron chi connectivity index (χ2n) is 4.64. The molecular weight excluding hydrogens is 280 g/mol. The molecule has 0 amide bonds. The third-order valence-electron chi connectivity index (χ3n) is 3.29. The number of nitrogens with zero attached hydrogens (tertiary/aromatic N) is 2. The number of likely N-dealkylation sites (N-methyl/N-ethyl adjacent to an activating group) is 1. The molecule has 3 nitrogen and oxygen atoms in total. The topological polar surface area (TPSA) is 26.7 Å². The summed E-state index contributed by atoms with van der Waals surface area (Å²) in [5.41, 5.74) is 0.978.